The molecule has 1 aliphatic rings. The Bertz CT molecular complexity index is 610. The molecule has 0 spiro atoms. The summed E-state index contributed by atoms with van der Waals surface area (Å²) in [5, 5.41) is 6.21. The fourth-order valence-electron chi connectivity index (χ4n) is 1.50. The van der Waals surface area contributed by atoms with E-state index in [0.29, 0.717) is 4.88 Å². The summed E-state index contributed by atoms with van der Waals surface area (Å²) in [5.41, 5.74) is 3.37. The van der Waals surface area contributed by atoms with Crippen LogP contribution in [0.4, 0.5) is 0 Å². The van der Waals surface area contributed by atoms with Crippen LogP contribution in [0.5, 0.6) is 0 Å². The molecule has 0 bridgehead atoms. The van der Waals surface area contributed by atoms with Crippen LogP contribution >= 0.6 is 11.3 Å². The summed E-state index contributed by atoms with van der Waals surface area (Å²) >= 11 is 1.34. The molecule has 2 aromatic heterocycles. The molecule has 0 saturated heterocycles. The van der Waals surface area contributed by atoms with Gasteiger partial charge in [0.25, 0.3) is 0 Å². The lowest BCUT2D eigenvalue weighted by molar-refractivity contribution is 0.112. The molecule has 0 fully saturated rings. The van der Waals surface area contributed by atoms with Gasteiger partial charge in [-0.1, -0.05) is 6.07 Å². The molecule has 7 heteroatoms. The van der Waals surface area contributed by atoms with Crippen molar-refractivity contribution < 1.29 is 4.79 Å². The largest absolute Gasteiger partial charge is 0.369 e. The Morgan fingerprint density at radius 1 is 1.43 bits per heavy atom. The minimum Gasteiger partial charge on any atom is -0.369 e. The van der Waals surface area contributed by atoms with Gasteiger partial charge in [0.2, 0.25) is 0 Å². The second kappa shape index (κ2) is 8.03. The fourth-order valence-corrected chi connectivity index (χ4v) is 1.92. The zero-order valence-corrected chi connectivity index (χ0v) is 12.2. The van der Waals surface area contributed by atoms with Crippen molar-refractivity contribution in [3.05, 3.63) is 52.9 Å². The van der Waals surface area contributed by atoms with Gasteiger partial charge in [0, 0.05) is 24.8 Å². The van der Waals surface area contributed by atoms with Crippen LogP contribution in [0.2, 0.25) is 0 Å². The summed E-state index contributed by atoms with van der Waals surface area (Å²) in [4.78, 5) is 22.7. The van der Waals surface area contributed by atoms with Gasteiger partial charge in [0.05, 0.1) is 16.1 Å². The van der Waals surface area contributed by atoms with Gasteiger partial charge in [-0.15, -0.1) is 11.3 Å². The Morgan fingerprint density at radius 3 is 2.81 bits per heavy atom. The molecule has 3 rings (SSSR count). The Kier molecular flexibility index (Phi) is 5.74. The van der Waals surface area contributed by atoms with Crippen molar-refractivity contribution in [3.63, 3.8) is 0 Å². The molecule has 2 N–H and O–H groups in total. The van der Waals surface area contributed by atoms with E-state index in [1.807, 2.05) is 37.7 Å². The normalized spacial score (nSPS) is 16.2. The van der Waals surface area contributed by atoms with E-state index in [0.717, 1.165) is 17.7 Å². The van der Waals surface area contributed by atoms with Gasteiger partial charge in [-0.25, -0.2) is 0 Å². The second-order valence-electron chi connectivity index (χ2n) is 3.98. The number of carbonyl (C=O) groups is 1. The molecular weight excluding hydrogens is 286 g/mol. The summed E-state index contributed by atoms with van der Waals surface area (Å²) in [5.74, 6) is 0. The highest BCUT2D eigenvalue weighted by atomic mass is 32.1. The molecule has 0 aromatic carbocycles. The Hall–Kier alpha value is -2.38. The van der Waals surface area contributed by atoms with Crippen molar-refractivity contribution in [2.24, 2.45) is 4.99 Å². The van der Waals surface area contributed by atoms with Crippen LogP contribution in [0, 0.1) is 0 Å². The van der Waals surface area contributed by atoms with E-state index in [4.69, 9.17) is 0 Å². The standard InChI is InChI=1S/C10H12N4.C4H3NOS/c1-11-10-7-13-9(6-14-10)8-4-2-3-5-12-8;6-2-4-1-5-3-7-4/h2-7,10-11,14H,1H3;1-3H. The summed E-state index contributed by atoms with van der Waals surface area (Å²) in [6.45, 7) is 0. The molecule has 0 radical (unpaired) electrons. The number of hydrogen-bond acceptors (Lipinski definition) is 7. The zero-order valence-electron chi connectivity index (χ0n) is 11.4. The van der Waals surface area contributed by atoms with E-state index in [1.165, 1.54) is 17.5 Å². The van der Waals surface area contributed by atoms with Crippen molar-refractivity contribution in [3.8, 4) is 0 Å². The van der Waals surface area contributed by atoms with Crippen molar-refractivity contribution in [1.82, 2.24) is 20.6 Å². The number of thiazole rings is 1. The van der Waals surface area contributed by atoms with Crippen molar-refractivity contribution in [2.75, 3.05) is 7.05 Å². The number of aldehydes is 1. The summed E-state index contributed by atoms with van der Waals surface area (Å²) < 4.78 is 0. The molecule has 2 aromatic rings. The first-order valence-electron chi connectivity index (χ1n) is 6.26. The van der Waals surface area contributed by atoms with Crippen LogP contribution < -0.4 is 10.6 Å². The molecule has 0 amide bonds. The van der Waals surface area contributed by atoms with Gasteiger partial charge < -0.3 is 5.32 Å². The molecule has 0 aliphatic carbocycles. The highest BCUT2D eigenvalue weighted by Gasteiger charge is 2.07. The first-order chi connectivity index (χ1) is 10.3. The molecule has 21 heavy (non-hydrogen) atoms. The lowest BCUT2D eigenvalue weighted by Gasteiger charge is -2.16. The maximum atomic E-state index is 9.84. The number of nitrogens with zero attached hydrogens (tertiary/aromatic N) is 3. The number of aromatic nitrogens is 2. The van der Waals surface area contributed by atoms with Crippen LogP contribution in [-0.2, 0) is 0 Å². The lowest BCUT2D eigenvalue weighted by atomic mass is 10.2. The van der Waals surface area contributed by atoms with E-state index in [9.17, 15) is 4.79 Å². The van der Waals surface area contributed by atoms with Crippen LogP contribution in [-0.4, -0.2) is 35.7 Å². The fraction of sp³-hybridized carbons (Fsp3) is 0.143. The van der Waals surface area contributed by atoms with Gasteiger partial charge in [-0.2, -0.15) is 0 Å². The number of carbonyl (C=O) groups excluding carboxylic acids is 1. The van der Waals surface area contributed by atoms with Crippen LogP contribution in [0.1, 0.15) is 15.4 Å². The van der Waals surface area contributed by atoms with Gasteiger partial charge in [0.15, 0.2) is 6.29 Å². The second-order valence-corrected chi connectivity index (χ2v) is 4.90. The molecule has 1 atom stereocenters. The van der Waals surface area contributed by atoms with Crippen LogP contribution in [0.25, 0.3) is 5.70 Å². The van der Waals surface area contributed by atoms with E-state index < -0.39 is 0 Å². The van der Waals surface area contributed by atoms with Gasteiger partial charge in [-0.3, -0.25) is 25.1 Å². The minimum absolute atomic E-state index is 0.113. The average Bonchev–Trinajstić information content (AvgIpc) is 3.10. The van der Waals surface area contributed by atoms with Crippen molar-refractivity contribution in [2.45, 2.75) is 6.17 Å². The maximum absolute atomic E-state index is 9.84. The third-order valence-corrected chi connectivity index (χ3v) is 3.27. The van der Waals surface area contributed by atoms with Crippen LogP contribution in [0.3, 0.4) is 0 Å². The maximum Gasteiger partial charge on any atom is 0.161 e. The Balaban J connectivity index is 0.000000194. The molecule has 1 unspecified atom stereocenters. The van der Waals surface area contributed by atoms with E-state index in [-0.39, 0.29) is 6.17 Å². The predicted octanol–water partition coefficient (Wildman–Crippen LogP) is 1.56. The van der Waals surface area contributed by atoms with E-state index >= 15 is 0 Å². The SMILES string of the molecule is CNC1C=NC(c2ccccn2)=CN1.O=Cc1cncs1. The Labute approximate surface area is 126 Å². The van der Waals surface area contributed by atoms with Gasteiger partial charge >= 0.3 is 0 Å². The topological polar surface area (TPSA) is 79.3 Å². The smallest absolute Gasteiger partial charge is 0.161 e. The molecular formula is C14H15N5OS. The number of rotatable bonds is 3. The third-order valence-electron chi connectivity index (χ3n) is 2.57. The van der Waals surface area contributed by atoms with Gasteiger partial charge in [-0.05, 0) is 19.2 Å². The van der Waals surface area contributed by atoms with Crippen molar-refractivity contribution in [1.29, 1.82) is 0 Å². The highest BCUT2D eigenvalue weighted by molar-refractivity contribution is 7.11. The molecule has 6 nitrogen and oxygen atoms in total. The summed E-state index contributed by atoms with van der Waals surface area (Å²) in [6, 6.07) is 5.77. The number of pyridine rings is 1. The average molecular weight is 301 g/mol. The zero-order chi connectivity index (χ0) is 14.9. The minimum atomic E-state index is 0.113. The van der Waals surface area contributed by atoms with E-state index in [1.54, 1.807) is 11.7 Å². The summed E-state index contributed by atoms with van der Waals surface area (Å²) in [7, 11) is 1.88. The van der Waals surface area contributed by atoms with Crippen LogP contribution in [0.15, 0.2) is 47.3 Å². The Morgan fingerprint density at radius 2 is 2.33 bits per heavy atom. The van der Waals surface area contributed by atoms with Crippen molar-refractivity contribution >= 4 is 29.5 Å². The first kappa shape index (κ1) is 15.0. The highest BCUT2D eigenvalue weighted by Crippen LogP contribution is 2.12. The molecule has 1 aliphatic heterocycles. The van der Waals surface area contributed by atoms with Gasteiger partial charge in [0.1, 0.15) is 11.9 Å². The molecule has 3 heterocycles. The first-order valence-corrected chi connectivity index (χ1v) is 7.14. The molecule has 0 saturated carbocycles. The predicted molar refractivity (Wildman–Crippen MR) is 84.2 cm³/mol. The third kappa shape index (κ3) is 4.59. The van der Waals surface area contributed by atoms with E-state index in [2.05, 4.69) is 25.6 Å². The number of hydrogen-bond donors (Lipinski definition) is 2. The molecule has 108 valence electrons. The number of nitrogens with one attached hydrogen (secondary N) is 2. The number of aliphatic imine (C=N–C) groups is 1. The summed E-state index contributed by atoms with van der Waals surface area (Å²) in [6.07, 6.45) is 7.89. The lowest BCUT2D eigenvalue weighted by Crippen LogP contribution is -2.40. The monoisotopic (exact) mass is 301 g/mol. The quantitative estimate of drug-likeness (QED) is 0.841.